The Balaban J connectivity index is 4.30. The van der Waals surface area contributed by atoms with E-state index in [-0.39, 0.29) is 19.3 Å². The number of aliphatic hydroxyl groups is 1. The van der Waals surface area contributed by atoms with E-state index in [2.05, 4.69) is 5.32 Å². The smallest absolute Gasteiger partial charge is 0.326 e. The largest absolute Gasteiger partial charge is 0.481 e. The van der Waals surface area contributed by atoms with Gasteiger partial charge in [-0.2, -0.15) is 0 Å². The van der Waals surface area contributed by atoms with Crippen LogP contribution in [0.3, 0.4) is 0 Å². The van der Waals surface area contributed by atoms with E-state index in [4.69, 9.17) is 10.2 Å². The molecule has 0 saturated heterocycles. The van der Waals surface area contributed by atoms with Gasteiger partial charge in [-0.25, -0.2) is 4.79 Å². The highest BCUT2D eigenvalue weighted by molar-refractivity contribution is 5.84. The molecule has 98 valence electrons. The molecule has 0 aliphatic rings. The Hall–Kier alpha value is -1.63. The second-order valence-electron chi connectivity index (χ2n) is 4.38. The zero-order valence-electron chi connectivity index (χ0n) is 9.77. The number of aliphatic carboxylic acids is 2. The van der Waals surface area contributed by atoms with Gasteiger partial charge in [0.2, 0.25) is 5.91 Å². The number of carboxylic acids is 2. The third-order valence-corrected chi connectivity index (χ3v) is 1.87. The summed E-state index contributed by atoms with van der Waals surface area (Å²) in [4.78, 5) is 32.4. The van der Waals surface area contributed by atoms with Crippen LogP contribution >= 0.6 is 0 Å². The van der Waals surface area contributed by atoms with Crippen molar-refractivity contribution in [2.24, 2.45) is 0 Å². The van der Waals surface area contributed by atoms with Crippen molar-refractivity contribution in [3.05, 3.63) is 0 Å². The van der Waals surface area contributed by atoms with Gasteiger partial charge in [0.25, 0.3) is 0 Å². The molecule has 0 aromatic rings. The highest BCUT2D eigenvalue weighted by Gasteiger charge is 2.24. The molecule has 7 heteroatoms. The van der Waals surface area contributed by atoms with Crippen LogP contribution in [0.15, 0.2) is 0 Å². The summed E-state index contributed by atoms with van der Waals surface area (Å²) in [6.07, 6.45) is -0.786. The van der Waals surface area contributed by atoms with Crippen LogP contribution in [0.1, 0.15) is 33.1 Å². The molecule has 0 unspecified atom stereocenters. The Kier molecular flexibility index (Phi) is 5.60. The van der Waals surface area contributed by atoms with Crippen molar-refractivity contribution in [2.45, 2.75) is 44.8 Å². The van der Waals surface area contributed by atoms with Gasteiger partial charge in [0.15, 0.2) is 0 Å². The van der Waals surface area contributed by atoms with E-state index in [0.29, 0.717) is 0 Å². The van der Waals surface area contributed by atoms with Crippen LogP contribution in [0.2, 0.25) is 0 Å². The number of amides is 1. The molecule has 0 radical (unpaired) electrons. The van der Waals surface area contributed by atoms with Gasteiger partial charge in [0, 0.05) is 6.42 Å². The second kappa shape index (κ2) is 6.19. The fourth-order valence-electron chi connectivity index (χ4n) is 1.16. The van der Waals surface area contributed by atoms with Crippen LogP contribution in [0.25, 0.3) is 0 Å². The minimum atomic E-state index is -1.30. The second-order valence-corrected chi connectivity index (χ2v) is 4.38. The maximum Gasteiger partial charge on any atom is 0.326 e. The molecule has 0 aliphatic carbocycles. The molecule has 4 N–H and O–H groups in total. The normalized spacial score (nSPS) is 12.9. The molecular formula is C10H17NO6. The van der Waals surface area contributed by atoms with Crippen LogP contribution in [0, 0.1) is 0 Å². The van der Waals surface area contributed by atoms with Crippen molar-refractivity contribution < 1.29 is 29.7 Å². The maximum atomic E-state index is 11.3. The number of carbonyl (C=O) groups excluding carboxylic acids is 1. The number of carbonyl (C=O) groups is 3. The zero-order chi connectivity index (χ0) is 13.6. The number of rotatable bonds is 7. The Labute approximate surface area is 98.4 Å². The molecule has 1 amide bonds. The van der Waals surface area contributed by atoms with Crippen LogP contribution in [-0.2, 0) is 14.4 Å². The third-order valence-electron chi connectivity index (χ3n) is 1.87. The average Bonchev–Trinajstić information content (AvgIpc) is 2.08. The molecule has 0 saturated carbocycles. The molecule has 0 spiro atoms. The van der Waals surface area contributed by atoms with Gasteiger partial charge in [-0.1, -0.05) is 0 Å². The first-order valence-electron chi connectivity index (χ1n) is 5.08. The fraction of sp³-hybridized carbons (Fsp3) is 0.700. The Morgan fingerprint density at radius 2 is 1.76 bits per heavy atom. The molecule has 0 rings (SSSR count). The monoisotopic (exact) mass is 247 g/mol. The maximum absolute atomic E-state index is 11.3. The van der Waals surface area contributed by atoms with Gasteiger partial charge in [0.05, 0.1) is 12.0 Å². The minimum Gasteiger partial charge on any atom is -0.481 e. The number of carboxylic acid groups (broad SMARTS) is 2. The Bertz CT molecular complexity index is 306. The van der Waals surface area contributed by atoms with E-state index in [1.54, 1.807) is 0 Å². The van der Waals surface area contributed by atoms with Crippen molar-refractivity contribution in [3.63, 3.8) is 0 Å². The van der Waals surface area contributed by atoms with Crippen molar-refractivity contribution in [1.82, 2.24) is 5.32 Å². The molecule has 0 bridgehead atoms. The van der Waals surface area contributed by atoms with E-state index >= 15 is 0 Å². The van der Waals surface area contributed by atoms with E-state index in [9.17, 15) is 19.5 Å². The summed E-state index contributed by atoms with van der Waals surface area (Å²) < 4.78 is 0. The van der Waals surface area contributed by atoms with Gasteiger partial charge in [-0.05, 0) is 20.3 Å². The van der Waals surface area contributed by atoms with Crippen molar-refractivity contribution in [1.29, 1.82) is 0 Å². The summed E-state index contributed by atoms with van der Waals surface area (Å²) in [5, 5.41) is 28.7. The summed E-state index contributed by atoms with van der Waals surface area (Å²) in [5.74, 6) is -3.06. The molecule has 0 aliphatic heterocycles. The first-order valence-corrected chi connectivity index (χ1v) is 5.08. The minimum absolute atomic E-state index is 0.192. The highest BCUT2D eigenvalue weighted by Crippen LogP contribution is 2.07. The van der Waals surface area contributed by atoms with Crippen LogP contribution in [0.5, 0.6) is 0 Å². The molecule has 1 atom stereocenters. The van der Waals surface area contributed by atoms with Crippen molar-refractivity contribution >= 4 is 17.8 Å². The highest BCUT2D eigenvalue weighted by atomic mass is 16.4. The standard InChI is InChI=1S/C10H17NO6/c1-10(2,17)5-7(12)11-6(9(15)16)3-4-8(13)14/h6,17H,3-5H2,1-2H3,(H,11,12)(H,13,14)(H,15,16)/t6-/m0/s1. The van der Waals surface area contributed by atoms with Crippen LogP contribution in [-0.4, -0.2) is 44.8 Å². The van der Waals surface area contributed by atoms with E-state index < -0.39 is 29.5 Å². The average molecular weight is 247 g/mol. The molecule has 17 heavy (non-hydrogen) atoms. The Morgan fingerprint density at radius 1 is 1.24 bits per heavy atom. The predicted molar refractivity (Wildman–Crippen MR) is 57.4 cm³/mol. The van der Waals surface area contributed by atoms with Gasteiger partial charge >= 0.3 is 11.9 Å². The lowest BCUT2D eigenvalue weighted by atomic mass is 10.0. The van der Waals surface area contributed by atoms with Crippen LogP contribution < -0.4 is 5.32 Å². The van der Waals surface area contributed by atoms with E-state index in [0.717, 1.165) is 0 Å². The SMILES string of the molecule is CC(C)(O)CC(=O)N[C@@H](CCC(=O)O)C(=O)O. The summed E-state index contributed by atoms with van der Waals surface area (Å²) in [6, 6.07) is -1.25. The third kappa shape index (κ3) is 8.21. The molecular weight excluding hydrogens is 230 g/mol. The zero-order valence-corrected chi connectivity index (χ0v) is 9.77. The molecule has 0 aromatic heterocycles. The van der Waals surface area contributed by atoms with Gasteiger partial charge in [0.1, 0.15) is 6.04 Å². The first-order chi connectivity index (χ1) is 7.61. The van der Waals surface area contributed by atoms with Crippen molar-refractivity contribution in [3.8, 4) is 0 Å². The Morgan fingerprint density at radius 3 is 2.12 bits per heavy atom. The van der Waals surface area contributed by atoms with Gasteiger partial charge < -0.3 is 20.6 Å². The van der Waals surface area contributed by atoms with Crippen LogP contribution in [0.4, 0.5) is 0 Å². The van der Waals surface area contributed by atoms with Gasteiger partial charge in [-0.3, -0.25) is 9.59 Å². The molecule has 7 nitrogen and oxygen atoms in total. The number of nitrogens with one attached hydrogen (secondary N) is 1. The summed E-state index contributed by atoms with van der Waals surface area (Å²) >= 11 is 0. The lowest BCUT2D eigenvalue weighted by molar-refractivity contribution is -0.143. The topological polar surface area (TPSA) is 124 Å². The summed E-state index contributed by atoms with van der Waals surface area (Å²) in [5.41, 5.74) is -1.24. The van der Waals surface area contributed by atoms with E-state index in [1.165, 1.54) is 13.8 Å². The summed E-state index contributed by atoms with van der Waals surface area (Å²) in [6.45, 7) is 2.83. The lowest BCUT2D eigenvalue weighted by Gasteiger charge is -2.19. The number of hydrogen-bond acceptors (Lipinski definition) is 4. The first kappa shape index (κ1) is 15.4. The fourth-order valence-corrected chi connectivity index (χ4v) is 1.16. The summed E-state index contributed by atoms with van der Waals surface area (Å²) in [7, 11) is 0. The van der Waals surface area contributed by atoms with E-state index in [1.807, 2.05) is 0 Å². The molecule has 0 fully saturated rings. The van der Waals surface area contributed by atoms with Crippen molar-refractivity contribution in [2.75, 3.05) is 0 Å². The molecule has 0 heterocycles. The number of hydrogen-bond donors (Lipinski definition) is 4. The lowest BCUT2D eigenvalue weighted by Crippen LogP contribution is -2.43. The van der Waals surface area contributed by atoms with Gasteiger partial charge in [-0.15, -0.1) is 0 Å². The predicted octanol–water partition coefficient (Wildman–Crippen LogP) is -0.418. The molecule has 0 aromatic carbocycles. The quantitative estimate of drug-likeness (QED) is 0.484.